The first-order valence-electron chi connectivity index (χ1n) is 16.4. The molecule has 0 aliphatic rings. The van der Waals surface area contributed by atoms with Crippen LogP contribution < -0.4 is 22.1 Å². The third-order valence-electron chi connectivity index (χ3n) is 9.08. The van der Waals surface area contributed by atoms with Gasteiger partial charge in [0.1, 0.15) is 25.2 Å². The van der Waals surface area contributed by atoms with Crippen molar-refractivity contribution in [3.8, 4) is 11.3 Å². The number of amides is 1. The predicted octanol–water partition coefficient (Wildman–Crippen LogP) is 5.36. The maximum Gasteiger partial charge on any atom is 0.415 e. The molecule has 1 amide bonds. The van der Waals surface area contributed by atoms with Crippen LogP contribution in [0.4, 0.5) is 13.2 Å². The van der Waals surface area contributed by atoms with Crippen LogP contribution in [0.1, 0.15) is 40.2 Å². The first-order valence-corrected chi connectivity index (χ1v) is 19.3. The summed E-state index contributed by atoms with van der Waals surface area (Å²) in [5, 5.41) is 1.67. The zero-order chi connectivity index (χ0) is 37.9. The average Bonchev–Trinajstić information content (AvgIpc) is 3.05. The zero-order valence-corrected chi connectivity index (χ0v) is 30.6. The van der Waals surface area contributed by atoms with Crippen molar-refractivity contribution < 1.29 is 31.9 Å². The maximum absolute atomic E-state index is 14.6. The smallest absolute Gasteiger partial charge is 0.415 e. The van der Waals surface area contributed by atoms with E-state index in [-0.39, 0.29) is 17.7 Å². The molecular weight excluding hydrogens is 685 g/mol. The summed E-state index contributed by atoms with van der Waals surface area (Å²) in [6.45, 7) is 10.3. The van der Waals surface area contributed by atoms with E-state index in [1.54, 1.807) is 73.8 Å². The number of hydrogen-bond donors (Lipinski definition) is 2. The number of benzene rings is 2. The number of ether oxygens (including phenoxy) is 1. The third kappa shape index (κ3) is 9.13. The van der Waals surface area contributed by atoms with E-state index < -0.39 is 84.9 Å². The number of nitrogens with one attached hydrogen (secondary N) is 2. The van der Waals surface area contributed by atoms with Crippen LogP contribution in [0.15, 0.2) is 81.1 Å². The molecule has 2 unspecified atom stereocenters. The predicted molar refractivity (Wildman–Crippen MR) is 190 cm³/mol. The second kappa shape index (κ2) is 15.2. The van der Waals surface area contributed by atoms with E-state index in [9.17, 15) is 37.1 Å². The minimum Gasteiger partial charge on any atom is -0.459 e. The van der Waals surface area contributed by atoms with Gasteiger partial charge in [-0.05, 0) is 41.2 Å². The van der Waals surface area contributed by atoms with Gasteiger partial charge in [0.2, 0.25) is 5.91 Å². The number of aromatic nitrogens is 3. The van der Waals surface area contributed by atoms with Gasteiger partial charge in [0, 0.05) is 0 Å². The molecule has 0 saturated carbocycles. The van der Waals surface area contributed by atoms with Crippen LogP contribution in [0.25, 0.3) is 22.2 Å². The molecular formula is C36H43F3N4O7Si. The number of aromatic amines is 1. The second-order valence-corrected chi connectivity index (χ2v) is 19.0. The van der Waals surface area contributed by atoms with Crippen LogP contribution in [0, 0.1) is 5.92 Å². The zero-order valence-electron chi connectivity index (χ0n) is 29.6. The van der Waals surface area contributed by atoms with Crippen molar-refractivity contribution in [3.05, 3.63) is 103 Å². The van der Waals surface area contributed by atoms with E-state index >= 15 is 0 Å². The monoisotopic (exact) mass is 728 g/mol. The van der Waals surface area contributed by atoms with Gasteiger partial charge >= 0.3 is 17.8 Å². The third-order valence-corrected chi connectivity index (χ3v) is 13.5. The van der Waals surface area contributed by atoms with Crippen molar-refractivity contribution in [3.63, 3.8) is 0 Å². The second-order valence-electron chi connectivity index (χ2n) is 14.2. The molecule has 274 valence electrons. The summed E-state index contributed by atoms with van der Waals surface area (Å²) in [5.74, 6) is -2.51. The first-order chi connectivity index (χ1) is 23.7. The Kier molecular flexibility index (Phi) is 11.7. The quantitative estimate of drug-likeness (QED) is 0.148. The van der Waals surface area contributed by atoms with Gasteiger partial charge in [-0.1, -0.05) is 95.3 Å². The Labute approximate surface area is 293 Å². The molecule has 0 radical (unpaired) electrons. The molecule has 0 bridgehead atoms. The van der Waals surface area contributed by atoms with Gasteiger partial charge in [-0.3, -0.25) is 23.7 Å². The fourth-order valence-electron chi connectivity index (χ4n) is 5.21. The van der Waals surface area contributed by atoms with Crippen molar-refractivity contribution in [1.82, 2.24) is 19.4 Å². The van der Waals surface area contributed by atoms with Crippen molar-refractivity contribution >= 4 is 31.1 Å². The van der Waals surface area contributed by atoms with E-state index in [4.69, 9.17) is 9.16 Å². The Hall–Kier alpha value is -4.76. The highest BCUT2D eigenvalue weighted by atomic mass is 28.4. The molecule has 4 aromatic rings. The fraction of sp³-hybridized carbons (Fsp3) is 0.417. The van der Waals surface area contributed by atoms with Crippen LogP contribution in [-0.2, 0) is 38.4 Å². The van der Waals surface area contributed by atoms with Gasteiger partial charge in [-0.25, -0.2) is 9.36 Å². The van der Waals surface area contributed by atoms with Crippen LogP contribution in [0.5, 0.6) is 0 Å². The normalized spacial score (nSPS) is 13.6. The Morgan fingerprint density at radius 3 is 2.02 bits per heavy atom. The van der Waals surface area contributed by atoms with E-state index in [0.29, 0.717) is 15.7 Å². The van der Waals surface area contributed by atoms with Gasteiger partial charge in [0.25, 0.3) is 11.1 Å². The summed E-state index contributed by atoms with van der Waals surface area (Å²) in [5.41, 5.74) is -2.23. The van der Waals surface area contributed by atoms with Gasteiger partial charge in [-0.15, -0.1) is 0 Å². The van der Waals surface area contributed by atoms with Gasteiger partial charge in [0.05, 0.1) is 17.1 Å². The lowest BCUT2D eigenvalue weighted by atomic mass is 9.98. The number of halogens is 3. The van der Waals surface area contributed by atoms with Crippen LogP contribution >= 0.6 is 0 Å². The van der Waals surface area contributed by atoms with Crippen LogP contribution in [0.2, 0.25) is 18.1 Å². The number of H-pyrrole nitrogens is 1. The molecule has 2 atom stereocenters. The lowest BCUT2D eigenvalue weighted by Crippen LogP contribution is -2.59. The summed E-state index contributed by atoms with van der Waals surface area (Å²) >= 11 is 0. The van der Waals surface area contributed by atoms with Gasteiger partial charge < -0.3 is 19.5 Å². The van der Waals surface area contributed by atoms with E-state index in [1.165, 1.54) is 19.9 Å². The minimum absolute atomic E-state index is 0.0802. The Bertz CT molecular complexity index is 2050. The van der Waals surface area contributed by atoms with Crippen LogP contribution in [0.3, 0.4) is 0 Å². The molecule has 51 heavy (non-hydrogen) atoms. The van der Waals surface area contributed by atoms with Crippen molar-refractivity contribution in [2.75, 3.05) is 0 Å². The Morgan fingerprint density at radius 2 is 1.47 bits per heavy atom. The number of hydrogen-bond acceptors (Lipinski definition) is 7. The molecule has 2 N–H and O–H groups in total. The molecule has 2 heterocycles. The summed E-state index contributed by atoms with van der Waals surface area (Å²) in [7, 11) is -2.97. The number of pyridine rings is 1. The highest BCUT2D eigenvalue weighted by molar-refractivity contribution is 6.74. The molecule has 0 aliphatic heterocycles. The van der Waals surface area contributed by atoms with Crippen LogP contribution in [-0.4, -0.2) is 52.6 Å². The molecule has 4 rings (SSSR count). The summed E-state index contributed by atoms with van der Waals surface area (Å²) in [4.78, 5) is 69.1. The van der Waals surface area contributed by atoms with Gasteiger partial charge in [0.15, 0.2) is 14.4 Å². The summed E-state index contributed by atoms with van der Waals surface area (Å²) in [6.07, 6.45) is -7.14. The number of carbonyl (C=O) groups excluding carboxylic acids is 2. The highest BCUT2D eigenvalue weighted by Crippen LogP contribution is 2.41. The van der Waals surface area contributed by atoms with E-state index in [2.05, 4.69) is 10.3 Å². The minimum atomic E-state index is -4.82. The first kappa shape index (κ1) is 39.0. The summed E-state index contributed by atoms with van der Waals surface area (Å²) < 4.78 is 56.3. The van der Waals surface area contributed by atoms with Crippen molar-refractivity contribution in [2.45, 2.75) is 90.8 Å². The number of nitrogens with zero attached hydrogens (tertiary/aromatic N) is 2. The summed E-state index contributed by atoms with van der Waals surface area (Å²) in [6, 6.07) is 16.8. The SMILES string of the molecule is CC(C)C(NC(=O)Cn1c(-c2ccccc2)cc2c(=O)n(CC(=O)OCc3ccccc3)c(=O)[nH]c2c1=O)C(O[Si](C)(C)C(C)(C)C)C(F)(F)F. The van der Waals surface area contributed by atoms with E-state index in [1.807, 2.05) is 20.8 Å². The molecule has 11 nitrogen and oxygen atoms in total. The number of fused-ring (bicyclic) bond motifs is 1. The number of esters is 1. The fourth-order valence-corrected chi connectivity index (χ4v) is 6.48. The lowest BCUT2D eigenvalue weighted by molar-refractivity contribution is -0.210. The topological polar surface area (TPSA) is 141 Å². The maximum atomic E-state index is 14.6. The number of carbonyl (C=O) groups is 2. The Morgan fingerprint density at radius 1 is 0.882 bits per heavy atom. The van der Waals surface area contributed by atoms with Gasteiger partial charge in [-0.2, -0.15) is 13.2 Å². The molecule has 2 aromatic heterocycles. The standard InChI is InChI=1S/C36H43F3N4O7Si/c1-22(2)29(31(36(37,38)39)50-51(6,7)35(3,4)5)40-27(44)19-42-26(24-16-12-9-13-17-24)18-25-30(33(42)47)41-34(48)43(32(25)46)20-28(45)49-21-23-14-10-8-11-15-23/h8-18,22,29,31H,19-21H2,1-7H3,(H,40,44)(H,41,48). The number of rotatable bonds is 12. The molecule has 0 saturated heterocycles. The molecule has 0 aliphatic carbocycles. The van der Waals surface area contributed by atoms with Crippen molar-refractivity contribution in [1.29, 1.82) is 0 Å². The molecule has 15 heteroatoms. The molecule has 0 spiro atoms. The highest BCUT2D eigenvalue weighted by Gasteiger charge is 2.52. The Balaban J connectivity index is 1.73. The molecule has 2 aromatic carbocycles. The largest absolute Gasteiger partial charge is 0.459 e. The number of alkyl halides is 3. The molecule has 0 fully saturated rings. The van der Waals surface area contributed by atoms with E-state index in [0.717, 1.165) is 4.57 Å². The van der Waals surface area contributed by atoms with Crippen molar-refractivity contribution in [2.24, 2.45) is 5.92 Å². The average molecular weight is 729 g/mol. The lowest BCUT2D eigenvalue weighted by Gasteiger charge is -2.42.